The van der Waals surface area contributed by atoms with Crippen LogP contribution in [0.5, 0.6) is 0 Å². The van der Waals surface area contributed by atoms with Crippen LogP contribution in [0.25, 0.3) is 0 Å². The Morgan fingerprint density at radius 1 is 1.36 bits per heavy atom. The van der Waals surface area contributed by atoms with Crippen LogP contribution in [0, 0.1) is 0 Å². The molecule has 1 aliphatic rings. The zero-order valence-corrected chi connectivity index (χ0v) is 8.95. The van der Waals surface area contributed by atoms with E-state index < -0.39 is 6.29 Å². The Hall–Kier alpha value is -0.160. The van der Waals surface area contributed by atoms with Crippen LogP contribution in [-0.4, -0.2) is 55.8 Å². The standard InChI is InChI=1S/C10H21NO3/c1-2-13-9-10(12)14-8-7-11-5-3-4-6-11/h10,12H,2-9H2,1H3. The fourth-order valence-electron chi connectivity index (χ4n) is 1.59. The molecular formula is C10H21NO3. The predicted octanol–water partition coefficient (Wildman–Crippen LogP) is 0.454. The summed E-state index contributed by atoms with van der Waals surface area (Å²) < 4.78 is 10.2. The van der Waals surface area contributed by atoms with Gasteiger partial charge >= 0.3 is 0 Å². The van der Waals surface area contributed by atoms with Crippen LogP contribution in [0.2, 0.25) is 0 Å². The molecule has 0 aromatic rings. The highest BCUT2D eigenvalue weighted by atomic mass is 16.6. The summed E-state index contributed by atoms with van der Waals surface area (Å²) >= 11 is 0. The van der Waals surface area contributed by atoms with E-state index in [-0.39, 0.29) is 6.61 Å². The van der Waals surface area contributed by atoms with Crippen molar-refractivity contribution in [2.75, 3.05) is 39.5 Å². The molecule has 0 aromatic heterocycles. The van der Waals surface area contributed by atoms with Crippen molar-refractivity contribution in [2.24, 2.45) is 0 Å². The maximum atomic E-state index is 9.29. The van der Waals surface area contributed by atoms with Gasteiger partial charge in [0.15, 0.2) is 6.29 Å². The minimum atomic E-state index is -0.766. The number of aliphatic hydroxyl groups excluding tert-OH is 1. The molecule has 1 saturated heterocycles. The fourth-order valence-corrected chi connectivity index (χ4v) is 1.59. The van der Waals surface area contributed by atoms with Gasteiger partial charge in [0.05, 0.1) is 13.2 Å². The van der Waals surface area contributed by atoms with Crippen LogP contribution in [0.1, 0.15) is 19.8 Å². The van der Waals surface area contributed by atoms with Gasteiger partial charge in [-0.1, -0.05) is 0 Å². The van der Waals surface area contributed by atoms with Crippen molar-refractivity contribution in [3.63, 3.8) is 0 Å². The summed E-state index contributed by atoms with van der Waals surface area (Å²) in [6.07, 6.45) is 1.82. The first-order chi connectivity index (χ1) is 6.83. The summed E-state index contributed by atoms with van der Waals surface area (Å²) in [5.74, 6) is 0. The van der Waals surface area contributed by atoms with E-state index in [4.69, 9.17) is 9.47 Å². The lowest BCUT2D eigenvalue weighted by molar-refractivity contribution is -0.138. The molecule has 0 amide bonds. The van der Waals surface area contributed by atoms with Crippen LogP contribution in [0.15, 0.2) is 0 Å². The second kappa shape index (κ2) is 7.17. The van der Waals surface area contributed by atoms with E-state index in [2.05, 4.69) is 4.90 Å². The monoisotopic (exact) mass is 203 g/mol. The van der Waals surface area contributed by atoms with Gasteiger partial charge < -0.3 is 19.5 Å². The van der Waals surface area contributed by atoms with Crippen molar-refractivity contribution < 1.29 is 14.6 Å². The molecule has 1 heterocycles. The summed E-state index contributed by atoms with van der Waals surface area (Å²) in [6, 6.07) is 0. The van der Waals surface area contributed by atoms with Gasteiger partial charge in [0, 0.05) is 13.2 Å². The van der Waals surface area contributed by atoms with Gasteiger partial charge in [-0.3, -0.25) is 0 Å². The molecule has 0 spiro atoms. The van der Waals surface area contributed by atoms with Gasteiger partial charge in [-0.25, -0.2) is 0 Å². The van der Waals surface area contributed by atoms with E-state index in [1.165, 1.54) is 25.9 Å². The highest BCUT2D eigenvalue weighted by Crippen LogP contribution is 2.06. The minimum absolute atomic E-state index is 0.274. The van der Waals surface area contributed by atoms with Crippen molar-refractivity contribution in [3.8, 4) is 0 Å². The quantitative estimate of drug-likeness (QED) is 0.610. The molecule has 0 saturated carbocycles. The third-order valence-electron chi connectivity index (χ3n) is 2.38. The molecule has 1 N–H and O–H groups in total. The van der Waals surface area contributed by atoms with Crippen molar-refractivity contribution in [2.45, 2.75) is 26.1 Å². The average Bonchev–Trinajstić information content (AvgIpc) is 2.67. The second-order valence-electron chi connectivity index (χ2n) is 3.53. The molecule has 0 aliphatic carbocycles. The van der Waals surface area contributed by atoms with E-state index in [1.807, 2.05) is 6.92 Å². The van der Waals surface area contributed by atoms with E-state index in [0.29, 0.717) is 13.2 Å². The largest absolute Gasteiger partial charge is 0.376 e. The van der Waals surface area contributed by atoms with Gasteiger partial charge in [-0.05, 0) is 32.9 Å². The molecule has 84 valence electrons. The average molecular weight is 203 g/mol. The summed E-state index contributed by atoms with van der Waals surface area (Å²) in [4.78, 5) is 2.35. The SMILES string of the molecule is CCOCC(O)OCCN1CCCC1. The lowest BCUT2D eigenvalue weighted by Gasteiger charge is -2.16. The van der Waals surface area contributed by atoms with Crippen molar-refractivity contribution in [1.29, 1.82) is 0 Å². The van der Waals surface area contributed by atoms with Gasteiger partial charge in [0.25, 0.3) is 0 Å². The molecule has 1 atom stereocenters. The first-order valence-corrected chi connectivity index (χ1v) is 5.42. The third kappa shape index (κ3) is 4.91. The van der Waals surface area contributed by atoms with Gasteiger partial charge in [-0.15, -0.1) is 0 Å². The molecule has 4 nitrogen and oxygen atoms in total. The topological polar surface area (TPSA) is 41.9 Å². The first-order valence-electron chi connectivity index (χ1n) is 5.42. The molecule has 14 heavy (non-hydrogen) atoms. The number of aliphatic hydroxyl groups is 1. The molecular weight excluding hydrogens is 182 g/mol. The predicted molar refractivity (Wildman–Crippen MR) is 54.1 cm³/mol. The molecule has 1 rings (SSSR count). The zero-order chi connectivity index (χ0) is 10.2. The van der Waals surface area contributed by atoms with E-state index in [1.54, 1.807) is 0 Å². The normalized spacial score (nSPS) is 20.1. The van der Waals surface area contributed by atoms with Gasteiger partial charge in [0.2, 0.25) is 0 Å². The van der Waals surface area contributed by atoms with E-state index in [9.17, 15) is 5.11 Å². The smallest absolute Gasteiger partial charge is 0.178 e. The molecule has 1 aliphatic heterocycles. The van der Waals surface area contributed by atoms with Crippen molar-refractivity contribution in [3.05, 3.63) is 0 Å². The third-order valence-corrected chi connectivity index (χ3v) is 2.38. The molecule has 0 bridgehead atoms. The maximum Gasteiger partial charge on any atom is 0.178 e. The zero-order valence-electron chi connectivity index (χ0n) is 8.95. The molecule has 1 unspecified atom stereocenters. The molecule has 0 radical (unpaired) electrons. The summed E-state index contributed by atoms with van der Waals surface area (Å²) in [5.41, 5.74) is 0. The Morgan fingerprint density at radius 3 is 2.71 bits per heavy atom. The highest BCUT2D eigenvalue weighted by molar-refractivity contribution is 4.65. The Kier molecular flexibility index (Phi) is 6.10. The van der Waals surface area contributed by atoms with Crippen LogP contribution < -0.4 is 0 Å². The second-order valence-corrected chi connectivity index (χ2v) is 3.53. The summed E-state index contributed by atoms with van der Waals surface area (Å²) in [6.45, 7) is 6.65. The Morgan fingerprint density at radius 2 is 2.07 bits per heavy atom. The number of rotatable bonds is 7. The van der Waals surface area contributed by atoms with Gasteiger partial charge in [-0.2, -0.15) is 0 Å². The van der Waals surface area contributed by atoms with Crippen LogP contribution in [0.4, 0.5) is 0 Å². The minimum Gasteiger partial charge on any atom is -0.376 e. The Balaban J connectivity index is 1.91. The van der Waals surface area contributed by atoms with E-state index in [0.717, 1.165) is 6.54 Å². The number of likely N-dealkylation sites (tertiary alicyclic amines) is 1. The number of hydrogen-bond acceptors (Lipinski definition) is 4. The number of ether oxygens (including phenoxy) is 2. The molecule has 0 aromatic carbocycles. The van der Waals surface area contributed by atoms with Gasteiger partial charge in [0.1, 0.15) is 0 Å². The maximum absolute atomic E-state index is 9.29. The Bertz CT molecular complexity index is 137. The van der Waals surface area contributed by atoms with E-state index >= 15 is 0 Å². The highest BCUT2D eigenvalue weighted by Gasteiger charge is 2.11. The number of nitrogens with zero attached hydrogens (tertiary/aromatic N) is 1. The lowest BCUT2D eigenvalue weighted by Crippen LogP contribution is -2.28. The summed E-state index contributed by atoms with van der Waals surface area (Å²) in [5, 5.41) is 9.29. The van der Waals surface area contributed by atoms with Crippen LogP contribution >= 0.6 is 0 Å². The van der Waals surface area contributed by atoms with Crippen LogP contribution in [-0.2, 0) is 9.47 Å². The Labute approximate surface area is 85.8 Å². The first kappa shape index (κ1) is 11.9. The fraction of sp³-hybridized carbons (Fsp3) is 1.00. The number of hydrogen-bond donors (Lipinski definition) is 1. The molecule has 4 heteroatoms. The van der Waals surface area contributed by atoms with Crippen molar-refractivity contribution >= 4 is 0 Å². The lowest BCUT2D eigenvalue weighted by atomic mass is 10.4. The van der Waals surface area contributed by atoms with Crippen molar-refractivity contribution in [1.82, 2.24) is 4.90 Å². The summed E-state index contributed by atoms with van der Waals surface area (Å²) in [7, 11) is 0. The van der Waals surface area contributed by atoms with Crippen LogP contribution in [0.3, 0.4) is 0 Å². The molecule has 1 fully saturated rings.